The number of carbonyl (C=O) groups is 3. The van der Waals surface area contributed by atoms with Gasteiger partial charge in [-0.1, -0.05) is 36.4 Å². The molecule has 5 N–H and O–H groups in total. The van der Waals surface area contributed by atoms with Crippen molar-refractivity contribution in [3.05, 3.63) is 71.3 Å². The van der Waals surface area contributed by atoms with Crippen molar-refractivity contribution in [3.63, 3.8) is 0 Å². The number of carboxylic acids is 1. The van der Waals surface area contributed by atoms with Crippen LogP contribution in [0.2, 0.25) is 0 Å². The van der Waals surface area contributed by atoms with E-state index in [4.69, 9.17) is 28.5 Å². The lowest BCUT2D eigenvalue weighted by molar-refractivity contribution is -0.142. The van der Waals surface area contributed by atoms with Gasteiger partial charge in [0, 0.05) is 47.5 Å². The summed E-state index contributed by atoms with van der Waals surface area (Å²) < 4.78 is 25.1. The number of aliphatic carboxylic acids is 1. The molecule has 0 fully saturated rings. The number of nitrogens with one attached hydrogen (secondary N) is 1. The second-order valence-electron chi connectivity index (χ2n) is 11.6. The Bertz CT molecular complexity index is 1680. The van der Waals surface area contributed by atoms with Crippen molar-refractivity contribution in [3.8, 4) is 0 Å². The Morgan fingerprint density at radius 2 is 1.12 bits per heavy atom. The highest BCUT2D eigenvalue weighted by Gasteiger charge is 2.33. The minimum absolute atomic E-state index is 0.0804. The molecule has 51 heavy (non-hydrogen) atoms. The molecule has 0 saturated carbocycles. The van der Waals surface area contributed by atoms with Crippen molar-refractivity contribution < 1.29 is 58.0 Å². The summed E-state index contributed by atoms with van der Waals surface area (Å²) in [5, 5.41) is 40.8. The molecular formula is C33H42B3N3O12. The van der Waals surface area contributed by atoms with Gasteiger partial charge in [-0.2, -0.15) is 0 Å². The molecule has 0 amide bonds. The van der Waals surface area contributed by atoms with Gasteiger partial charge in [0.2, 0.25) is 0 Å². The molecule has 3 aromatic rings. The summed E-state index contributed by atoms with van der Waals surface area (Å²) in [6.45, 7) is 5.54. The van der Waals surface area contributed by atoms with Crippen LogP contribution >= 0.6 is 0 Å². The molecule has 0 atom stereocenters. The Hall–Kier alpha value is -4.58. The third kappa shape index (κ3) is 10.2. The fraction of sp³-hybridized carbons (Fsp3) is 0.364. The highest BCUT2D eigenvalue weighted by atomic mass is 16.5. The number of esters is 2. The van der Waals surface area contributed by atoms with Crippen molar-refractivity contribution in [1.82, 2.24) is 0 Å². The molecule has 6 rings (SSSR count). The first kappa shape index (κ1) is 39.2. The summed E-state index contributed by atoms with van der Waals surface area (Å²) in [5.74, 6) is -1.52. The highest BCUT2D eigenvalue weighted by molar-refractivity contribution is 6.64. The van der Waals surface area contributed by atoms with Crippen LogP contribution in [0.25, 0.3) is 0 Å². The van der Waals surface area contributed by atoms with E-state index in [1.165, 1.54) is 0 Å². The van der Waals surface area contributed by atoms with Crippen LogP contribution in [0, 0.1) is 0 Å². The quantitative estimate of drug-likeness (QED) is 0.123. The highest BCUT2D eigenvalue weighted by Crippen LogP contribution is 2.20. The van der Waals surface area contributed by atoms with E-state index in [0.29, 0.717) is 55.3 Å². The van der Waals surface area contributed by atoms with E-state index in [0.717, 1.165) is 27.8 Å². The SMILES string of the molecule is CCOC(=O)CN(C)c1cccc2c1B(O)OC2.CCOC(=O)CNc1cccc2c1B(O)OC2.CN(CC(=O)O)c1cccc2c1B(O)OC2. The predicted molar refractivity (Wildman–Crippen MR) is 192 cm³/mol. The van der Waals surface area contributed by atoms with E-state index < -0.39 is 27.3 Å². The second-order valence-corrected chi connectivity index (χ2v) is 11.6. The zero-order chi connectivity index (χ0) is 37.1. The first-order valence-electron chi connectivity index (χ1n) is 16.4. The maximum Gasteiger partial charge on any atom is 0.493 e. The summed E-state index contributed by atoms with van der Waals surface area (Å²) in [6.07, 6.45) is 0. The molecule has 3 aliphatic rings. The maximum atomic E-state index is 11.5. The Labute approximate surface area is 297 Å². The van der Waals surface area contributed by atoms with E-state index in [9.17, 15) is 29.5 Å². The van der Waals surface area contributed by atoms with Gasteiger partial charge >= 0.3 is 39.3 Å². The number of ether oxygens (including phenoxy) is 2. The largest absolute Gasteiger partial charge is 0.493 e. The molecule has 0 radical (unpaired) electrons. The third-order valence-corrected chi connectivity index (χ3v) is 8.07. The zero-order valence-electron chi connectivity index (χ0n) is 29.0. The van der Waals surface area contributed by atoms with Crippen molar-refractivity contribution in [2.45, 2.75) is 33.7 Å². The van der Waals surface area contributed by atoms with Crippen molar-refractivity contribution in [1.29, 1.82) is 0 Å². The lowest BCUT2D eigenvalue weighted by atomic mass is 9.78. The summed E-state index contributed by atoms with van der Waals surface area (Å²) in [7, 11) is 0.672. The monoisotopic (exact) mass is 705 g/mol. The number of nitrogens with zero attached hydrogens (tertiary/aromatic N) is 2. The number of carbonyl (C=O) groups excluding carboxylic acids is 2. The maximum absolute atomic E-state index is 11.5. The predicted octanol–water partition coefficient (Wildman–Crippen LogP) is -0.792. The third-order valence-electron chi connectivity index (χ3n) is 8.07. The Balaban J connectivity index is 0.000000172. The zero-order valence-corrected chi connectivity index (χ0v) is 29.0. The molecule has 0 aromatic heterocycles. The smallest absolute Gasteiger partial charge is 0.480 e. The van der Waals surface area contributed by atoms with Gasteiger partial charge in [-0.05, 0) is 48.7 Å². The van der Waals surface area contributed by atoms with E-state index in [2.05, 4.69) is 5.32 Å². The number of likely N-dealkylation sites (N-methyl/N-ethyl adjacent to an activating group) is 2. The number of anilines is 3. The van der Waals surface area contributed by atoms with Gasteiger partial charge in [0.25, 0.3) is 0 Å². The Morgan fingerprint density at radius 3 is 1.61 bits per heavy atom. The Kier molecular flexibility index (Phi) is 14.3. The van der Waals surface area contributed by atoms with Crippen LogP contribution in [-0.2, 0) is 57.6 Å². The average molecular weight is 705 g/mol. The van der Waals surface area contributed by atoms with Crippen LogP contribution in [0.15, 0.2) is 54.6 Å². The first-order valence-corrected chi connectivity index (χ1v) is 16.4. The fourth-order valence-electron chi connectivity index (χ4n) is 5.78. The van der Waals surface area contributed by atoms with E-state index in [-0.39, 0.29) is 31.6 Å². The summed E-state index contributed by atoms with van der Waals surface area (Å²) in [6, 6.07) is 16.7. The van der Waals surface area contributed by atoms with Gasteiger partial charge in [-0.15, -0.1) is 0 Å². The minimum Gasteiger partial charge on any atom is -0.480 e. The molecular weight excluding hydrogens is 663 g/mol. The summed E-state index contributed by atoms with van der Waals surface area (Å²) in [5.41, 5.74) is 7.12. The van der Waals surface area contributed by atoms with Gasteiger partial charge in [0.1, 0.15) is 19.6 Å². The van der Waals surface area contributed by atoms with E-state index in [1.54, 1.807) is 49.9 Å². The van der Waals surface area contributed by atoms with Crippen LogP contribution in [0.5, 0.6) is 0 Å². The number of benzene rings is 3. The molecule has 0 spiro atoms. The molecule has 270 valence electrons. The van der Waals surface area contributed by atoms with Crippen LogP contribution in [0.3, 0.4) is 0 Å². The molecule has 18 heteroatoms. The Morgan fingerprint density at radius 1 is 0.686 bits per heavy atom. The second kappa shape index (κ2) is 18.6. The van der Waals surface area contributed by atoms with Gasteiger partial charge in [0.15, 0.2) is 0 Å². The normalized spacial score (nSPS) is 13.5. The van der Waals surface area contributed by atoms with E-state index in [1.807, 2.05) is 42.5 Å². The van der Waals surface area contributed by atoms with Crippen LogP contribution < -0.4 is 31.5 Å². The number of fused-ring (bicyclic) bond motifs is 3. The molecule has 0 bridgehead atoms. The molecule has 3 aromatic carbocycles. The molecule has 3 aliphatic heterocycles. The van der Waals surface area contributed by atoms with Gasteiger partial charge in [-0.25, -0.2) is 0 Å². The van der Waals surface area contributed by atoms with Crippen molar-refractivity contribution >= 4 is 72.7 Å². The number of rotatable bonds is 11. The lowest BCUT2D eigenvalue weighted by Gasteiger charge is -2.21. The standard InChI is InChI=1S/C12H16BNO4.C11H14BNO4.C10H12BNO4/c1-3-17-11(15)7-14(2)10-6-4-5-9-8-18-13(16)12(9)10;1-2-16-10(14)6-13-9-5-3-4-8-7-17-12(15)11(8)9;1-12(5-9(13)14)8-4-2-3-7-6-16-11(15)10(7)8/h4-6,16H,3,7-8H2,1-2H3;3-5,13,15H,2,6-7H2,1H3;2-4,15H,5-6H2,1H3,(H,13,14). The number of carboxylic acid groups (broad SMARTS) is 1. The van der Waals surface area contributed by atoms with Gasteiger partial charge in [-0.3, -0.25) is 14.4 Å². The number of hydrogen-bond donors (Lipinski definition) is 5. The topological polar surface area (TPSA) is 197 Å². The van der Waals surface area contributed by atoms with Gasteiger partial charge < -0.3 is 58.7 Å². The number of hydrogen-bond acceptors (Lipinski definition) is 14. The molecule has 3 heterocycles. The fourth-order valence-corrected chi connectivity index (χ4v) is 5.78. The summed E-state index contributed by atoms with van der Waals surface area (Å²) in [4.78, 5) is 36.6. The van der Waals surface area contributed by atoms with E-state index >= 15 is 0 Å². The van der Waals surface area contributed by atoms with Crippen molar-refractivity contribution in [2.75, 3.05) is 62.1 Å². The van der Waals surface area contributed by atoms with Crippen LogP contribution in [0.1, 0.15) is 30.5 Å². The van der Waals surface area contributed by atoms with Crippen molar-refractivity contribution in [2.24, 2.45) is 0 Å². The van der Waals surface area contributed by atoms with Crippen LogP contribution in [-0.4, -0.2) is 106 Å². The average Bonchev–Trinajstić information content (AvgIpc) is 3.80. The van der Waals surface area contributed by atoms with Crippen LogP contribution in [0.4, 0.5) is 17.1 Å². The molecule has 0 saturated heterocycles. The molecule has 15 nitrogen and oxygen atoms in total. The minimum atomic E-state index is -0.956. The van der Waals surface area contributed by atoms with Gasteiger partial charge in [0.05, 0.1) is 33.0 Å². The first-order chi connectivity index (χ1) is 24.4. The molecule has 0 unspecified atom stereocenters. The summed E-state index contributed by atoms with van der Waals surface area (Å²) >= 11 is 0. The molecule has 0 aliphatic carbocycles. The lowest BCUT2D eigenvalue weighted by Crippen LogP contribution is -2.37.